The minimum atomic E-state index is -0.0990. The number of amides is 1. The Kier molecular flexibility index (Phi) is 6.03. The molecule has 2 aromatic rings. The molecule has 1 N–H and O–H groups in total. The van der Waals surface area contributed by atoms with E-state index in [4.69, 9.17) is 0 Å². The van der Waals surface area contributed by atoms with E-state index in [-0.39, 0.29) is 24.5 Å². The molecule has 23 heavy (non-hydrogen) atoms. The quantitative estimate of drug-likeness (QED) is 0.800. The monoisotopic (exact) mass is 310 g/mol. The van der Waals surface area contributed by atoms with Crippen molar-refractivity contribution in [2.75, 3.05) is 6.54 Å². The fraction of sp³-hybridized carbons (Fsp3) is 0.316. The Morgan fingerprint density at radius 1 is 1.04 bits per heavy atom. The first-order valence-corrected chi connectivity index (χ1v) is 7.83. The summed E-state index contributed by atoms with van der Waals surface area (Å²) in [6, 6.07) is 11.4. The lowest BCUT2D eigenvalue weighted by atomic mass is 10.0. The van der Waals surface area contributed by atoms with Crippen molar-refractivity contribution in [2.45, 2.75) is 33.1 Å². The molecular weight excluding hydrogens is 288 g/mol. The van der Waals surface area contributed by atoms with Gasteiger partial charge in [0.1, 0.15) is 0 Å². The Balaban J connectivity index is 1.73. The van der Waals surface area contributed by atoms with Gasteiger partial charge in [0, 0.05) is 43.3 Å². The van der Waals surface area contributed by atoms with Crippen LogP contribution in [0.15, 0.2) is 42.6 Å². The van der Waals surface area contributed by atoms with Crippen LogP contribution < -0.4 is 5.32 Å². The highest BCUT2D eigenvalue weighted by Gasteiger charge is 2.10. The summed E-state index contributed by atoms with van der Waals surface area (Å²) in [5.74, 6) is -0.0916. The van der Waals surface area contributed by atoms with Gasteiger partial charge < -0.3 is 5.32 Å². The first kappa shape index (κ1) is 16.9. The van der Waals surface area contributed by atoms with Crippen LogP contribution in [0, 0.1) is 13.8 Å². The second kappa shape index (κ2) is 8.22. The number of nitrogens with one attached hydrogen (secondary N) is 1. The first-order valence-electron chi connectivity index (χ1n) is 7.83. The third-order valence-electron chi connectivity index (χ3n) is 3.84. The van der Waals surface area contributed by atoms with E-state index in [2.05, 4.69) is 10.3 Å². The molecule has 1 heterocycles. The fourth-order valence-electron chi connectivity index (χ4n) is 2.25. The van der Waals surface area contributed by atoms with Gasteiger partial charge in [-0.1, -0.05) is 18.2 Å². The standard InChI is InChI=1S/C19H22N2O2/c1-14-6-7-16(13-15(14)2)18(22)8-9-19(23)21-12-10-17-5-3-4-11-20-17/h3-7,11,13H,8-10,12H2,1-2H3,(H,21,23). The lowest BCUT2D eigenvalue weighted by Gasteiger charge is -2.06. The first-order chi connectivity index (χ1) is 11.1. The molecule has 2 rings (SSSR count). The van der Waals surface area contributed by atoms with E-state index < -0.39 is 0 Å². The molecule has 0 atom stereocenters. The van der Waals surface area contributed by atoms with E-state index in [1.54, 1.807) is 6.20 Å². The van der Waals surface area contributed by atoms with Gasteiger partial charge in [-0.05, 0) is 43.2 Å². The van der Waals surface area contributed by atoms with Gasteiger partial charge in [-0.15, -0.1) is 0 Å². The van der Waals surface area contributed by atoms with Gasteiger partial charge in [0.15, 0.2) is 5.78 Å². The normalized spacial score (nSPS) is 10.3. The molecule has 4 nitrogen and oxygen atoms in total. The van der Waals surface area contributed by atoms with Crippen LogP contribution in [0.5, 0.6) is 0 Å². The van der Waals surface area contributed by atoms with Crippen molar-refractivity contribution in [3.8, 4) is 0 Å². The van der Waals surface area contributed by atoms with Crippen molar-refractivity contribution in [1.82, 2.24) is 10.3 Å². The molecule has 0 fully saturated rings. The Labute approximate surface area is 137 Å². The number of pyridine rings is 1. The average molecular weight is 310 g/mol. The maximum absolute atomic E-state index is 12.1. The van der Waals surface area contributed by atoms with Crippen LogP contribution in [0.1, 0.15) is 40.0 Å². The van der Waals surface area contributed by atoms with Crippen LogP contribution in [0.25, 0.3) is 0 Å². The van der Waals surface area contributed by atoms with Crippen molar-refractivity contribution in [2.24, 2.45) is 0 Å². The summed E-state index contributed by atoms with van der Waals surface area (Å²) < 4.78 is 0. The second-order valence-electron chi connectivity index (χ2n) is 5.64. The third kappa shape index (κ3) is 5.33. The van der Waals surface area contributed by atoms with Gasteiger partial charge in [0.2, 0.25) is 5.91 Å². The van der Waals surface area contributed by atoms with E-state index in [0.29, 0.717) is 18.5 Å². The lowest BCUT2D eigenvalue weighted by Crippen LogP contribution is -2.26. The summed E-state index contributed by atoms with van der Waals surface area (Å²) in [5.41, 5.74) is 3.87. The molecular formula is C19H22N2O2. The molecule has 0 aliphatic rings. The molecule has 0 aliphatic carbocycles. The highest BCUT2D eigenvalue weighted by Crippen LogP contribution is 2.12. The molecule has 0 aliphatic heterocycles. The number of Topliss-reactive ketones (excluding diaryl/α,β-unsaturated/α-hetero) is 1. The number of hydrogen-bond donors (Lipinski definition) is 1. The predicted molar refractivity (Wildman–Crippen MR) is 90.4 cm³/mol. The summed E-state index contributed by atoms with van der Waals surface area (Å²) in [7, 11) is 0. The topological polar surface area (TPSA) is 59.1 Å². The van der Waals surface area contributed by atoms with Crippen molar-refractivity contribution < 1.29 is 9.59 Å². The summed E-state index contributed by atoms with van der Waals surface area (Å²) >= 11 is 0. The van der Waals surface area contributed by atoms with Crippen molar-refractivity contribution in [3.63, 3.8) is 0 Å². The van der Waals surface area contributed by atoms with Gasteiger partial charge in [0.25, 0.3) is 0 Å². The van der Waals surface area contributed by atoms with Gasteiger partial charge in [-0.25, -0.2) is 0 Å². The third-order valence-corrected chi connectivity index (χ3v) is 3.84. The summed E-state index contributed by atoms with van der Waals surface area (Å²) in [5, 5.41) is 2.83. The zero-order valence-electron chi connectivity index (χ0n) is 13.6. The molecule has 1 aromatic heterocycles. The largest absolute Gasteiger partial charge is 0.356 e. The van der Waals surface area contributed by atoms with E-state index in [1.165, 1.54) is 0 Å². The Bertz CT molecular complexity index is 681. The average Bonchev–Trinajstić information content (AvgIpc) is 2.56. The minimum absolute atomic E-state index is 0.00739. The molecule has 4 heteroatoms. The molecule has 0 saturated heterocycles. The number of aromatic nitrogens is 1. The number of aryl methyl sites for hydroxylation is 2. The molecule has 1 amide bonds. The maximum Gasteiger partial charge on any atom is 0.220 e. The Hall–Kier alpha value is -2.49. The minimum Gasteiger partial charge on any atom is -0.356 e. The van der Waals surface area contributed by atoms with Gasteiger partial charge in [-0.2, -0.15) is 0 Å². The zero-order valence-corrected chi connectivity index (χ0v) is 13.6. The zero-order chi connectivity index (χ0) is 16.7. The van der Waals surface area contributed by atoms with Crippen LogP contribution in [0.4, 0.5) is 0 Å². The number of carbonyl (C=O) groups excluding carboxylic acids is 2. The number of nitrogens with zero attached hydrogens (tertiary/aromatic N) is 1. The van der Waals surface area contributed by atoms with E-state index >= 15 is 0 Å². The molecule has 0 saturated carbocycles. The molecule has 120 valence electrons. The van der Waals surface area contributed by atoms with Gasteiger partial charge in [0.05, 0.1) is 0 Å². The lowest BCUT2D eigenvalue weighted by molar-refractivity contribution is -0.121. The van der Waals surface area contributed by atoms with Gasteiger partial charge >= 0.3 is 0 Å². The number of ketones is 1. The van der Waals surface area contributed by atoms with Gasteiger partial charge in [-0.3, -0.25) is 14.6 Å². The smallest absolute Gasteiger partial charge is 0.220 e. The summed E-state index contributed by atoms with van der Waals surface area (Å²) in [6.07, 6.45) is 2.88. The van der Waals surface area contributed by atoms with E-state index in [1.807, 2.05) is 50.2 Å². The molecule has 1 aromatic carbocycles. The van der Waals surface area contributed by atoms with Crippen molar-refractivity contribution in [1.29, 1.82) is 0 Å². The summed E-state index contributed by atoms with van der Waals surface area (Å²) in [4.78, 5) is 28.1. The molecule has 0 unspecified atom stereocenters. The van der Waals surface area contributed by atoms with E-state index in [9.17, 15) is 9.59 Å². The Morgan fingerprint density at radius 2 is 1.87 bits per heavy atom. The second-order valence-corrected chi connectivity index (χ2v) is 5.64. The number of rotatable bonds is 7. The van der Waals surface area contributed by atoms with Crippen LogP contribution in [-0.4, -0.2) is 23.2 Å². The molecule has 0 spiro atoms. The predicted octanol–water partition coefficient (Wildman–Crippen LogP) is 3.02. The van der Waals surface area contributed by atoms with Crippen molar-refractivity contribution >= 4 is 11.7 Å². The molecule has 0 radical (unpaired) electrons. The molecule has 0 bridgehead atoms. The summed E-state index contributed by atoms with van der Waals surface area (Å²) in [6.45, 7) is 4.53. The Morgan fingerprint density at radius 3 is 2.57 bits per heavy atom. The number of hydrogen-bond acceptors (Lipinski definition) is 3. The number of carbonyl (C=O) groups is 2. The van der Waals surface area contributed by atoms with Crippen LogP contribution >= 0.6 is 0 Å². The fourth-order valence-corrected chi connectivity index (χ4v) is 2.25. The van der Waals surface area contributed by atoms with Crippen LogP contribution in [-0.2, 0) is 11.2 Å². The SMILES string of the molecule is Cc1ccc(C(=O)CCC(=O)NCCc2ccccn2)cc1C. The van der Waals surface area contributed by atoms with Crippen LogP contribution in [0.2, 0.25) is 0 Å². The van der Waals surface area contributed by atoms with Crippen molar-refractivity contribution in [3.05, 3.63) is 65.0 Å². The van der Waals surface area contributed by atoms with E-state index in [0.717, 1.165) is 16.8 Å². The highest BCUT2D eigenvalue weighted by molar-refractivity contribution is 5.98. The maximum atomic E-state index is 12.1. The number of benzene rings is 1. The highest BCUT2D eigenvalue weighted by atomic mass is 16.2. The van der Waals surface area contributed by atoms with Crippen LogP contribution in [0.3, 0.4) is 0 Å².